The normalized spacial score (nSPS) is 12.6. The van der Waals surface area contributed by atoms with Gasteiger partial charge < -0.3 is 9.73 Å². The third-order valence-electron chi connectivity index (χ3n) is 3.49. The summed E-state index contributed by atoms with van der Waals surface area (Å²) in [6.07, 6.45) is 1.97. The number of hydrogen-bond donors (Lipinski definition) is 1. The van der Waals surface area contributed by atoms with Crippen molar-refractivity contribution >= 4 is 0 Å². The number of furan rings is 1. The lowest BCUT2D eigenvalue weighted by Crippen LogP contribution is -2.24. The van der Waals surface area contributed by atoms with Crippen LogP contribution < -0.4 is 5.32 Å². The first kappa shape index (κ1) is 15.7. The summed E-state index contributed by atoms with van der Waals surface area (Å²) in [6.45, 7) is 4.82. The van der Waals surface area contributed by atoms with E-state index in [9.17, 15) is 8.78 Å². The minimum Gasteiger partial charge on any atom is -0.464 e. The van der Waals surface area contributed by atoms with E-state index in [0.29, 0.717) is 0 Å². The molecule has 4 heteroatoms. The molecular formula is C17H21F2NO. The van der Waals surface area contributed by atoms with E-state index in [-0.39, 0.29) is 18.0 Å². The van der Waals surface area contributed by atoms with Gasteiger partial charge in [-0.3, -0.25) is 0 Å². The molecule has 0 saturated heterocycles. The van der Waals surface area contributed by atoms with Crippen molar-refractivity contribution in [1.29, 1.82) is 0 Å². The molecule has 1 aromatic heterocycles. The molecule has 1 heterocycles. The Morgan fingerprint density at radius 3 is 2.38 bits per heavy atom. The van der Waals surface area contributed by atoms with Gasteiger partial charge in [0.25, 0.3) is 0 Å². The van der Waals surface area contributed by atoms with Crippen LogP contribution >= 0.6 is 0 Å². The van der Waals surface area contributed by atoms with Gasteiger partial charge in [0.05, 0.1) is 6.04 Å². The van der Waals surface area contributed by atoms with Crippen molar-refractivity contribution in [2.24, 2.45) is 0 Å². The maximum atomic E-state index is 13.8. The molecule has 1 aromatic carbocycles. The average molecular weight is 293 g/mol. The van der Waals surface area contributed by atoms with Gasteiger partial charge in [0, 0.05) is 18.4 Å². The van der Waals surface area contributed by atoms with Crippen molar-refractivity contribution in [3.63, 3.8) is 0 Å². The van der Waals surface area contributed by atoms with Crippen LogP contribution in [0.4, 0.5) is 8.78 Å². The van der Waals surface area contributed by atoms with Crippen LogP contribution in [0.1, 0.15) is 43.4 Å². The van der Waals surface area contributed by atoms with E-state index >= 15 is 0 Å². The average Bonchev–Trinajstić information content (AvgIpc) is 2.95. The van der Waals surface area contributed by atoms with Crippen molar-refractivity contribution in [2.45, 2.75) is 39.2 Å². The highest BCUT2D eigenvalue weighted by Crippen LogP contribution is 2.24. The Morgan fingerprint density at radius 2 is 1.81 bits per heavy atom. The number of aryl methyl sites for hydroxylation is 1. The van der Waals surface area contributed by atoms with Crippen LogP contribution in [-0.2, 0) is 12.8 Å². The molecule has 0 spiro atoms. The van der Waals surface area contributed by atoms with Crippen molar-refractivity contribution in [1.82, 2.24) is 5.32 Å². The Kier molecular flexibility index (Phi) is 5.51. The molecule has 2 aromatic rings. The van der Waals surface area contributed by atoms with Crippen LogP contribution in [0.15, 0.2) is 34.7 Å². The largest absolute Gasteiger partial charge is 0.464 e. The van der Waals surface area contributed by atoms with Crippen LogP contribution in [0, 0.1) is 11.6 Å². The minimum atomic E-state index is -0.513. The van der Waals surface area contributed by atoms with E-state index in [0.717, 1.165) is 30.9 Å². The van der Waals surface area contributed by atoms with Gasteiger partial charge >= 0.3 is 0 Å². The molecule has 0 saturated carbocycles. The lowest BCUT2D eigenvalue weighted by Gasteiger charge is -2.17. The predicted octanol–water partition coefficient (Wildman–Crippen LogP) is 4.40. The molecule has 0 amide bonds. The molecule has 0 radical (unpaired) electrons. The highest BCUT2D eigenvalue weighted by atomic mass is 19.1. The Hall–Kier alpha value is -1.68. The van der Waals surface area contributed by atoms with Gasteiger partial charge in [0.15, 0.2) is 0 Å². The summed E-state index contributed by atoms with van der Waals surface area (Å²) in [7, 11) is 0. The number of benzene rings is 1. The van der Waals surface area contributed by atoms with E-state index < -0.39 is 11.6 Å². The first-order valence-electron chi connectivity index (χ1n) is 7.40. The SMILES string of the molecule is CCCNC(Cc1c(F)cccc1F)c1ccc(CC)o1. The highest BCUT2D eigenvalue weighted by Gasteiger charge is 2.19. The molecule has 1 N–H and O–H groups in total. The molecule has 114 valence electrons. The summed E-state index contributed by atoms with van der Waals surface area (Å²) in [5.41, 5.74) is 0.0977. The smallest absolute Gasteiger partial charge is 0.129 e. The van der Waals surface area contributed by atoms with Gasteiger partial charge in [-0.05, 0) is 37.2 Å². The molecule has 2 nitrogen and oxygen atoms in total. The molecule has 0 aliphatic rings. The fraction of sp³-hybridized carbons (Fsp3) is 0.412. The first-order chi connectivity index (χ1) is 10.2. The second-order valence-corrected chi connectivity index (χ2v) is 5.07. The lowest BCUT2D eigenvalue weighted by molar-refractivity contribution is 0.385. The quantitative estimate of drug-likeness (QED) is 0.818. The fourth-order valence-electron chi connectivity index (χ4n) is 2.30. The van der Waals surface area contributed by atoms with Gasteiger partial charge in [-0.15, -0.1) is 0 Å². The fourth-order valence-corrected chi connectivity index (χ4v) is 2.30. The molecule has 2 rings (SSSR count). The van der Waals surface area contributed by atoms with Crippen LogP contribution in [0.25, 0.3) is 0 Å². The van der Waals surface area contributed by atoms with Crippen LogP contribution in [0.2, 0.25) is 0 Å². The molecule has 1 unspecified atom stereocenters. The zero-order chi connectivity index (χ0) is 15.2. The Labute approximate surface area is 124 Å². The number of halogens is 2. The summed E-state index contributed by atoms with van der Waals surface area (Å²) < 4.78 is 33.4. The van der Waals surface area contributed by atoms with Crippen LogP contribution in [0.5, 0.6) is 0 Å². The van der Waals surface area contributed by atoms with Gasteiger partial charge in [-0.25, -0.2) is 8.78 Å². The lowest BCUT2D eigenvalue weighted by atomic mass is 10.0. The van der Waals surface area contributed by atoms with E-state index in [1.165, 1.54) is 18.2 Å². The zero-order valence-corrected chi connectivity index (χ0v) is 12.5. The van der Waals surface area contributed by atoms with Gasteiger partial charge in [-0.1, -0.05) is 19.9 Å². The molecule has 0 aliphatic heterocycles. The highest BCUT2D eigenvalue weighted by molar-refractivity contribution is 5.23. The van der Waals surface area contributed by atoms with E-state index in [1.807, 2.05) is 26.0 Å². The summed E-state index contributed by atoms with van der Waals surface area (Å²) in [5.74, 6) is 0.575. The summed E-state index contributed by atoms with van der Waals surface area (Å²) in [4.78, 5) is 0. The first-order valence-corrected chi connectivity index (χ1v) is 7.40. The molecule has 21 heavy (non-hydrogen) atoms. The minimum absolute atomic E-state index is 0.0977. The van der Waals surface area contributed by atoms with Gasteiger partial charge in [0.1, 0.15) is 23.2 Å². The third-order valence-corrected chi connectivity index (χ3v) is 3.49. The zero-order valence-electron chi connectivity index (χ0n) is 12.5. The Balaban J connectivity index is 2.23. The predicted molar refractivity (Wildman–Crippen MR) is 79.2 cm³/mol. The summed E-state index contributed by atoms with van der Waals surface area (Å²) >= 11 is 0. The number of hydrogen-bond acceptors (Lipinski definition) is 2. The summed E-state index contributed by atoms with van der Waals surface area (Å²) in [5, 5.41) is 3.30. The summed E-state index contributed by atoms with van der Waals surface area (Å²) in [6, 6.07) is 7.52. The number of nitrogens with one attached hydrogen (secondary N) is 1. The van der Waals surface area contributed by atoms with Crippen molar-refractivity contribution in [3.05, 3.63) is 59.1 Å². The van der Waals surface area contributed by atoms with Gasteiger partial charge in [0.2, 0.25) is 0 Å². The van der Waals surface area contributed by atoms with Gasteiger partial charge in [-0.2, -0.15) is 0 Å². The van der Waals surface area contributed by atoms with Crippen molar-refractivity contribution < 1.29 is 13.2 Å². The van der Waals surface area contributed by atoms with Crippen molar-refractivity contribution in [2.75, 3.05) is 6.54 Å². The standard InChI is InChI=1S/C17H21F2NO/c1-3-10-20-16(17-9-8-12(4-2)21-17)11-13-14(18)6-5-7-15(13)19/h5-9,16,20H,3-4,10-11H2,1-2H3. The Morgan fingerprint density at radius 1 is 1.10 bits per heavy atom. The second kappa shape index (κ2) is 7.36. The molecule has 0 bridgehead atoms. The molecule has 1 atom stereocenters. The monoisotopic (exact) mass is 293 g/mol. The number of rotatable bonds is 7. The van der Waals surface area contributed by atoms with Crippen molar-refractivity contribution in [3.8, 4) is 0 Å². The topological polar surface area (TPSA) is 25.2 Å². The van der Waals surface area contributed by atoms with E-state index in [2.05, 4.69) is 5.32 Å². The van der Waals surface area contributed by atoms with E-state index in [1.54, 1.807) is 0 Å². The maximum Gasteiger partial charge on any atom is 0.129 e. The van der Waals surface area contributed by atoms with Crippen LogP contribution in [-0.4, -0.2) is 6.54 Å². The second-order valence-electron chi connectivity index (χ2n) is 5.07. The molecule has 0 fully saturated rings. The maximum absolute atomic E-state index is 13.8. The molecule has 0 aliphatic carbocycles. The Bertz CT molecular complexity index is 560. The molecular weight excluding hydrogens is 272 g/mol. The van der Waals surface area contributed by atoms with Crippen LogP contribution in [0.3, 0.4) is 0 Å². The third kappa shape index (κ3) is 3.91. The van der Waals surface area contributed by atoms with E-state index in [4.69, 9.17) is 4.42 Å².